The van der Waals surface area contributed by atoms with Crippen LogP contribution in [0.5, 0.6) is 5.75 Å². The van der Waals surface area contributed by atoms with Gasteiger partial charge in [-0.2, -0.15) is 0 Å². The summed E-state index contributed by atoms with van der Waals surface area (Å²) in [6.45, 7) is 6.80. The molecular weight excluding hydrogens is 298 g/mol. The van der Waals surface area contributed by atoms with Gasteiger partial charge in [0.25, 0.3) is 0 Å². The molecule has 2 heterocycles. The highest BCUT2D eigenvalue weighted by Crippen LogP contribution is 2.25. The summed E-state index contributed by atoms with van der Waals surface area (Å²) < 4.78 is 16.2. The van der Waals surface area contributed by atoms with Gasteiger partial charge in [-0.25, -0.2) is 4.79 Å². The number of hydrogen-bond donors (Lipinski definition) is 1. The fraction of sp³-hybridized carbons (Fsp3) is 0.625. The Morgan fingerprint density at radius 3 is 2.87 bits per heavy atom. The second-order valence-electron chi connectivity index (χ2n) is 6.50. The number of pyridine rings is 1. The smallest absolute Gasteiger partial charge is 0.410 e. The molecule has 1 aromatic heterocycles. The number of nitrogens with zero attached hydrogens (tertiary/aromatic N) is 2. The van der Waals surface area contributed by atoms with Crippen molar-refractivity contribution in [1.82, 2.24) is 9.88 Å². The Balaban J connectivity index is 2.18. The first kappa shape index (κ1) is 17.5. The maximum atomic E-state index is 12.4. The minimum Gasteiger partial charge on any atom is -0.495 e. The minimum atomic E-state index is -0.554. The van der Waals surface area contributed by atoms with Crippen LogP contribution in [0.15, 0.2) is 18.5 Å². The normalized spacial score (nSPS) is 20.0. The van der Waals surface area contributed by atoms with Gasteiger partial charge >= 0.3 is 6.09 Å². The Hall–Kier alpha value is -1.86. The molecule has 2 rings (SSSR count). The number of rotatable bonds is 3. The Labute approximate surface area is 136 Å². The maximum absolute atomic E-state index is 12.4. The Bertz CT molecular complexity index is 544. The Morgan fingerprint density at radius 2 is 2.22 bits per heavy atom. The second kappa shape index (κ2) is 7.14. The summed E-state index contributed by atoms with van der Waals surface area (Å²) in [5, 5.41) is 0. The van der Waals surface area contributed by atoms with E-state index < -0.39 is 11.6 Å². The van der Waals surface area contributed by atoms with E-state index in [2.05, 4.69) is 4.98 Å². The third-order valence-corrected chi connectivity index (χ3v) is 3.56. The zero-order chi connectivity index (χ0) is 17.0. The molecule has 1 amide bonds. The van der Waals surface area contributed by atoms with Gasteiger partial charge in [0, 0.05) is 12.7 Å². The zero-order valence-electron chi connectivity index (χ0n) is 14.1. The van der Waals surface area contributed by atoms with Crippen molar-refractivity contribution in [2.45, 2.75) is 38.5 Å². The van der Waals surface area contributed by atoms with Crippen LogP contribution in [-0.4, -0.2) is 54.5 Å². The molecule has 1 aliphatic rings. The Kier molecular flexibility index (Phi) is 5.43. The molecule has 0 saturated carbocycles. The number of amides is 1. The highest BCUT2D eigenvalue weighted by molar-refractivity contribution is 5.69. The van der Waals surface area contributed by atoms with Crippen LogP contribution in [-0.2, 0) is 9.47 Å². The fourth-order valence-electron chi connectivity index (χ4n) is 2.42. The lowest BCUT2D eigenvalue weighted by Gasteiger charge is -2.39. The quantitative estimate of drug-likeness (QED) is 0.911. The van der Waals surface area contributed by atoms with Crippen molar-refractivity contribution < 1.29 is 19.0 Å². The van der Waals surface area contributed by atoms with E-state index in [0.717, 1.165) is 5.56 Å². The second-order valence-corrected chi connectivity index (χ2v) is 6.50. The third-order valence-electron chi connectivity index (χ3n) is 3.56. The first-order chi connectivity index (χ1) is 10.8. The lowest BCUT2D eigenvalue weighted by atomic mass is 10.00. The SMILES string of the molecule is COc1cncc(C(N)C2COCCN2C(=O)OC(C)(C)C)c1. The van der Waals surface area contributed by atoms with Crippen molar-refractivity contribution in [1.29, 1.82) is 0 Å². The largest absolute Gasteiger partial charge is 0.495 e. The maximum Gasteiger partial charge on any atom is 0.410 e. The molecule has 0 radical (unpaired) electrons. The van der Waals surface area contributed by atoms with Crippen molar-refractivity contribution in [3.8, 4) is 5.75 Å². The van der Waals surface area contributed by atoms with E-state index in [0.29, 0.717) is 25.5 Å². The fourth-order valence-corrected chi connectivity index (χ4v) is 2.42. The average molecular weight is 323 g/mol. The van der Waals surface area contributed by atoms with Gasteiger partial charge in [-0.3, -0.25) is 9.88 Å². The highest BCUT2D eigenvalue weighted by Gasteiger charge is 2.35. The highest BCUT2D eigenvalue weighted by atomic mass is 16.6. The van der Waals surface area contributed by atoms with Gasteiger partial charge in [0.1, 0.15) is 11.4 Å². The molecule has 1 aromatic rings. The zero-order valence-corrected chi connectivity index (χ0v) is 14.1. The average Bonchev–Trinajstić information content (AvgIpc) is 2.52. The van der Waals surface area contributed by atoms with E-state index in [9.17, 15) is 4.79 Å². The molecular formula is C16H25N3O4. The molecule has 23 heavy (non-hydrogen) atoms. The number of carbonyl (C=O) groups is 1. The number of nitrogens with two attached hydrogens (primary N) is 1. The molecule has 0 spiro atoms. The van der Waals surface area contributed by atoms with Crippen LogP contribution in [0.2, 0.25) is 0 Å². The van der Waals surface area contributed by atoms with Gasteiger partial charge in [0.15, 0.2) is 0 Å². The summed E-state index contributed by atoms with van der Waals surface area (Å²) in [6, 6.07) is 1.07. The molecule has 7 nitrogen and oxygen atoms in total. The molecule has 2 unspecified atom stereocenters. The van der Waals surface area contributed by atoms with Gasteiger partial charge in [-0.1, -0.05) is 0 Å². The molecule has 0 aliphatic carbocycles. The summed E-state index contributed by atoms with van der Waals surface area (Å²) in [7, 11) is 1.57. The van der Waals surface area contributed by atoms with Crippen LogP contribution >= 0.6 is 0 Å². The number of morpholine rings is 1. The van der Waals surface area contributed by atoms with Crippen LogP contribution < -0.4 is 10.5 Å². The van der Waals surface area contributed by atoms with E-state index in [1.807, 2.05) is 26.8 Å². The minimum absolute atomic E-state index is 0.312. The van der Waals surface area contributed by atoms with Crippen molar-refractivity contribution in [3.63, 3.8) is 0 Å². The topological polar surface area (TPSA) is 86.9 Å². The first-order valence-corrected chi connectivity index (χ1v) is 7.63. The molecule has 1 fully saturated rings. The standard InChI is InChI=1S/C16H25N3O4/c1-16(2,3)23-15(20)19-5-6-22-10-13(19)14(17)11-7-12(21-4)9-18-8-11/h7-9,13-14H,5-6,10,17H2,1-4H3. The van der Waals surface area contributed by atoms with Gasteiger partial charge in [0.2, 0.25) is 0 Å². The molecule has 2 N–H and O–H groups in total. The molecule has 0 bridgehead atoms. The van der Waals surface area contributed by atoms with Crippen molar-refractivity contribution in [2.75, 3.05) is 26.9 Å². The van der Waals surface area contributed by atoms with Gasteiger partial charge in [-0.05, 0) is 32.4 Å². The molecule has 128 valence electrons. The predicted molar refractivity (Wildman–Crippen MR) is 85.3 cm³/mol. The lowest BCUT2D eigenvalue weighted by molar-refractivity contribution is -0.0382. The summed E-state index contributed by atoms with van der Waals surface area (Å²) in [4.78, 5) is 18.2. The van der Waals surface area contributed by atoms with Crippen molar-refractivity contribution >= 4 is 6.09 Å². The third kappa shape index (κ3) is 4.56. The van der Waals surface area contributed by atoms with E-state index >= 15 is 0 Å². The number of ether oxygens (including phenoxy) is 3. The van der Waals surface area contributed by atoms with Crippen LogP contribution in [0.25, 0.3) is 0 Å². The van der Waals surface area contributed by atoms with Gasteiger partial charge in [-0.15, -0.1) is 0 Å². The molecule has 1 saturated heterocycles. The predicted octanol–water partition coefficient (Wildman–Crippen LogP) is 1.73. The van der Waals surface area contributed by atoms with E-state index in [1.54, 1.807) is 24.4 Å². The molecule has 0 aromatic carbocycles. The van der Waals surface area contributed by atoms with Crippen molar-refractivity contribution in [2.24, 2.45) is 5.73 Å². The van der Waals surface area contributed by atoms with E-state index in [1.165, 1.54) is 0 Å². The van der Waals surface area contributed by atoms with Crippen LogP contribution in [0.4, 0.5) is 4.79 Å². The molecule has 2 atom stereocenters. The van der Waals surface area contributed by atoms with Crippen LogP contribution in [0, 0.1) is 0 Å². The van der Waals surface area contributed by atoms with Gasteiger partial charge in [0.05, 0.1) is 38.6 Å². The number of hydrogen-bond acceptors (Lipinski definition) is 6. The van der Waals surface area contributed by atoms with Crippen LogP contribution in [0.3, 0.4) is 0 Å². The Morgan fingerprint density at radius 1 is 1.48 bits per heavy atom. The summed E-state index contributed by atoms with van der Waals surface area (Å²) in [6.07, 6.45) is 2.91. The van der Waals surface area contributed by atoms with E-state index in [-0.39, 0.29) is 12.1 Å². The summed E-state index contributed by atoms with van der Waals surface area (Å²) in [5.41, 5.74) is 6.59. The van der Waals surface area contributed by atoms with E-state index in [4.69, 9.17) is 19.9 Å². The summed E-state index contributed by atoms with van der Waals surface area (Å²) in [5.74, 6) is 0.624. The van der Waals surface area contributed by atoms with Crippen molar-refractivity contribution in [3.05, 3.63) is 24.0 Å². The molecule has 1 aliphatic heterocycles. The first-order valence-electron chi connectivity index (χ1n) is 7.63. The van der Waals surface area contributed by atoms with Crippen LogP contribution in [0.1, 0.15) is 32.4 Å². The number of carbonyl (C=O) groups excluding carboxylic acids is 1. The molecule has 7 heteroatoms. The monoisotopic (exact) mass is 323 g/mol. The van der Waals surface area contributed by atoms with Gasteiger partial charge < -0.3 is 19.9 Å². The lowest BCUT2D eigenvalue weighted by Crippen LogP contribution is -2.54. The number of aromatic nitrogens is 1. The summed E-state index contributed by atoms with van der Waals surface area (Å²) >= 11 is 0. The number of methoxy groups -OCH3 is 1.